The van der Waals surface area contributed by atoms with Crippen LogP contribution in [0.25, 0.3) is 11.1 Å². The Morgan fingerprint density at radius 1 is 1.05 bits per heavy atom. The SMILES string of the molecule is O=c1ccc(-c2ccccc2)c2n1C[C@@H]1CNC[C@H]2C1. The lowest BCUT2D eigenvalue weighted by Gasteiger charge is -2.38. The van der Waals surface area contributed by atoms with E-state index in [-0.39, 0.29) is 5.56 Å². The average molecular weight is 266 g/mol. The van der Waals surface area contributed by atoms with Gasteiger partial charge in [-0.2, -0.15) is 0 Å². The van der Waals surface area contributed by atoms with E-state index in [2.05, 4.69) is 29.6 Å². The minimum absolute atomic E-state index is 0.149. The third kappa shape index (κ3) is 1.81. The van der Waals surface area contributed by atoms with Crippen LogP contribution in [0.5, 0.6) is 0 Å². The van der Waals surface area contributed by atoms with Crippen LogP contribution in [0.4, 0.5) is 0 Å². The molecule has 2 bridgehead atoms. The zero-order valence-corrected chi connectivity index (χ0v) is 11.4. The second kappa shape index (κ2) is 4.60. The predicted molar refractivity (Wildman–Crippen MR) is 79.9 cm³/mol. The smallest absolute Gasteiger partial charge is 0.250 e. The highest BCUT2D eigenvalue weighted by atomic mass is 16.1. The van der Waals surface area contributed by atoms with Crippen LogP contribution in [0.15, 0.2) is 47.3 Å². The lowest BCUT2D eigenvalue weighted by Crippen LogP contribution is -2.45. The van der Waals surface area contributed by atoms with Crippen LogP contribution in [-0.2, 0) is 6.54 Å². The molecule has 0 saturated carbocycles. The number of pyridine rings is 1. The summed E-state index contributed by atoms with van der Waals surface area (Å²) < 4.78 is 2.02. The minimum Gasteiger partial charge on any atom is -0.316 e. The summed E-state index contributed by atoms with van der Waals surface area (Å²) in [7, 11) is 0. The van der Waals surface area contributed by atoms with Crippen molar-refractivity contribution in [2.45, 2.75) is 18.9 Å². The molecule has 0 unspecified atom stereocenters. The van der Waals surface area contributed by atoms with Gasteiger partial charge in [-0.3, -0.25) is 4.79 Å². The van der Waals surface area contributed by atoms with E-state index in [1.165, 1.54) is 23.2 Å². The van der Waals surface area contributed by atoms with Crippen molar-refractivity contribution >= 4 is 0 Å². The van der Waals surface area contributed by atoms with Crippen LogP contribution < -0.4 is 10.9 Å². The predicted octanol–water partition coefficient (Wildman–Crippen LogP) is 2.22. The van der Waals surface area contributed by atoms with Crippen molar-refractivity contribution in [2.24, 2.45) is 5.92 Å². The van der Waals surface area contributed by atoms with Gasteiger partial charge in [0.2, 0.25) is 0 Å². The van der Waals surface area contributed by atoms with Crippen LogP contribution in [0.2, 0.25) is 0 Å². The van der Waals surface area contributed by atoms with E-state index in [9.17, 15) is 4.79 Å². The number of nitrogens with zero attached hydrogens (tertiary/aromatic N) is 1. The largest absolute Gasteiger partial charge is 0.316 e. The fourth-order valence-corrected chi connectivity index (χ4v) is 3.72. The lowest BCUT2D eigenvalue weighted by molar-refractivity contribution is 0.258. The van der Waals surface area contributed by atoms with E-state index in [0.29, 0.717) is 11.8 Å². The van der Waals surface area contributed by atoms with Gasteiger partial charge < -0.3 is 9.88 Å². The second-order valence-electron chi connectivity index (χ2n) is 5.90. The van der Waals surface area contributed by atoms with Crippen LogP contribution in [0.1, 0.15) is 18.0 Å². The van der Waals surface area contributed by atoms with E-state index in [0.717, 1.165) is 19.6 Å². The van der Waals surface area contributed by atoms with Crippen molar-refractivity contribution in [3.8, 4) is 11.1 Å². The molecule has 1 aromatic heterocycles. The molecule has 0 amide bonds. The Labute approximate surface area is 118 Å². The highest BCUT2D eigenvalue weighted by Crippen LogP contribution is 2.37. The van der Waals surface area contributed by atoms with Crippen LogP contribution in [0, 0.1) is 5.92 Å². The van der Waals surface area contributed by atoms with Gasteiger partial charge in [-0.25, -0.2) is 0 Å². The number of piperidine rings is 1. The monoisotopic (exact) mass is 266 g/mol. The Bertz CT molecular complexity index is 690. The Morgan fingerprint density at radius 2 is 1.90 bits per heavy atom. The molecule has 20 heavy (non-hydrogen) atoms. The molecule has 3 heteroatoms. The maximum atomic E-state index is 12.2. The first-order valence-electron chi connectivity index (χ1n) is 7.33. The first-order chi connectivity index (χ1) is 9.83. The van der Waals surface area contributed by atoms with Gasteiger partial charge in [-0.1, -0.05) is 30.3 Å². The summed E-state index contributed by atoms with van der Waals surface area (Å²) in [4.78, 5) is 12.2. The second-order valence-corrected chi connectivity index (χ2v) is 5.90. The summed E-state index contributed by atoms with van der Waals surface area (Å²) in [5.74, 6) is 1.07. The van der Waals surface area contributed by atoms with E-state index in [1.54, 1.807) is 6.07 Å². The van der Waals surface area contributed by atoms with E-state index < -0.39 is 0 Å². The molecule has 2 aliphatic heterocycles. The van der Waals surface area contributed by atoms with Gasteiger partial charge in [0, 0.05) is 36.3 Å². The summed E-state index contributed by atoms with van der Waals surface area (Å²) in [5, 5.41) is 3.51. The maximum absolute atomic E-state index is 12.2. The quantitative estimate of drug-likeness (QED) is 0.858. The number of nitrogens with one attached hydrogen (secondary N) is 1. The fourth-order valence-electron chi connectivity index (χ4n) is 3.72. The number of rotatable bonds is 1. The van der Waals surface area contributed by atoms with Crippen LogP contribution in [-0.4, -0.2) is 17.7 Å². The van der Waals surface area contributed by atoms with Gasteiger partial charge in [0.05, 0.1) is 0 Å². The summed E-state index contributed by atoms with van der Waals surface area (Å²) in [6.45, 7) is 2.88. The van der Waals surface area contributed by atoms with Crippen molar-refractivity contribution < 1.29 is 0 Å². The van der Waals surface area contributed by atoms with Crippen molar-refractivity contribution in [2.75, 3.05) is 13.1 Å². The molecule has 1 saturated heterocycles. The first-order valence-corrected chi connectivity index (χ1v) is 7.33. The number of aromatic nitrogens is 1. The summed E-state index contributed by atoms with van der Waals surface area (Å²) in [6.07, 6.45) is 1.20. The van der Waals surface area contributed by atoms with Crippen molar-refractivity contribution in [3.63, 3.8) is 0 Å². The number of fused-ring (bicyclic) bond motifs is 4. The molecule has 0 radical (unpaired) electrons. The van der Waals surface area contributed by atoms with Crippen LogP contribution in [0.3, 0.4) is 0 Å². The molecular formula is C17H18N2O. The Balaban J connectivity index is 1.94. The highest BCUT2D eigenvalue weighted by Gasteiger charge is 2.32. The Kier molecular flexibility index (Phi) is 2.74. The molecule has 1 fully saturated rings. The van der Waals surface area contributed by atoms with Gasteiger partial charge in [0.25, 0.3) is 5.56 Å². The zero-order valence-electron chi connectivity index (χ0n) is 11.4. The Morgan fingerprint density at radius 3 is 2.75 bits per heavy atom. The summed E-state index contributed by atoms with van der Waals surface area (Å²) >= 11 is 0. The summed E-state index contributed by atoms with van der Waals surface area (Å²) in [5.41, 5.74) is 3.81. The third-order valence-electron chi connectivity index (χ3n) is 4.58. The average Bonchev–Trinajstić information content (AvgIpc) is 2.50. The van der Waals surface area contributed by atoms with Crippen molar-refractivity contribution in [1.29, 1.82) is 0 Å². The highest BCUT2D eigenvalue weighted by molar-refractivity contribution is 5.66. The van der Waals surface area contributed by atoms with E-state index in [1.807, 2.05) is 16.7 Å². The third-order valence-corrected chi connectivity index (χ3v) is 4.58. The van der Waals surface area contributed by atoms with Gasteiger partial charge in [0.15, 0.2) is 0 Å². The van der Waals surface area contributed by atoms with E-state index >= 15 is 0 Å². The van der Waals surface area contributed by atoms with Crippen LogP contribution >= 0.6 is 0 Å². The zero-order chi connectivity index (χ0) is 13.5. The number of benzene rings is 1. The molecule has 3 nitrogen and oxygen atoms in total. The number of hydrogen-bond acceptors (Lipinski definition) is 2. The minimum atomic E-state index is 0.149. The first kappa shape index (κ1) is 11.9. The molecular weight excluding hydrogens is 248 g/mol. The van der Waals surface area contributed by atoms with Gasteiger partial charge in [-0.05, 0) is 30.5 Å². The molecule has 2 aliphatic rings. The van der Waals surface area contributed by atoms with Gasteiger partial charge >= 0.3 is 0 Å². The van der Waals surface area contributed by atoms with Crippen molar-refractivity contribution in [3.05, 3.63) is 58.5 Å². The normalized spacial score (nSPS) is 24.2. The molecule has 2 atom stereocenters. The van der Waals surface area contributed by atoms with Gasteiger partial charge in [0.1, 0.15) is 0 Å². The molecule has 0 spiro atoms. The lowest BCUT2D eigenvalue weighted by atomic mass is 9.81. The Hall–Kier alpha value is -1.87. The fraction of sp³-hybridized carbons (Fsp3) is 0.353. The molecule has 1 N–H and O–H groups in total. The molecule has 4 rings (SSSR count). The molecule has 0 aliphatic carbocycles. The maximum Gasteiger partial charge on any atom is 0.250 e. The number of hydrogen-bond donors (Lipinski definition) is 1. The summed E-state index contributed by atoms with van der Waals surface area (Å²) in [6, 6.07) is 14.1. The van der Waals surface area contributed by atoms with Crippen molar-refractivity contribution in [1.82, 2.24) is 9.88 Å². The van der Waals surface area contributed by atoms with E-state index in [4.69, 9.17) is 0 Å². The molecule has 2 aromatic rings. The molecule has 1 aromatic carbocycles. The molecule has 102 valence electrons. The van der Waals surface area contributed by atoms with Gasteiger partial charge in [-0.15, -0.1) is 0 Å². The topological polar surface area (TPSA) is 34.0 Å². The molecule has 3 heterocycles. The standard InChI is InChI=1S/C17H18N2O/c20-16-7-6-15(13-4-2-1-3-5-13)17-14-8-12(9-18-10-14)11-19(16)17/h1-7,12,14,18H,8-11H2/t12-,14+/m0/s1.